The summed E-state index contributed by atoms with van der Waals surface area (Å²) in [5.74, 6) is -0.740. The Hall–Kier alpha value is -3.15. The average molecular weight is 309 g/mol. The number of esters is 1. The zero-order valence-corrected chi connectivity index (χ0v) is 12.7. The van der Waals surface area contributed by atoms with Crippen LogP contribution in [0.3, 0.4) is 0 Å². The molecule has 0 aliphatic carbocycles. The number of anilines is 1. The second-order valence-electron chi connectivity index (χ2n) is 5.06. The topological polar surface area (TPSA) is 72.7 Å². The van der Waals surface area contributed by atoms with Crippen molar-refractivity contribution in [3.63, 3.8) is 0 Å². The summed E-state index contributed by atoms with van der Waals surface area (Å²) in [6, 6.07) is 10.1. The molecule has 1 amide bonds. The standard InChI is InChI=1S/C17H15N3O3/c1-11-10-20-8-4-7-14(15(20)18-11)16(21)19-13-6-3-5-12(9-13)17(22)23-2/h3-10H,1-2H3,(H,19,21). The molecule has 116 valence electrons. The van der Waals surface area contributed by atoms with E-state index in [-0.39, 0.29) is 5.91 Å². The van der Waals surface area contributed by atoms with E-state index in [1.807, 2.05) is 19.3 Å². The molecule has 0 saturated heterocycles. The lowest BCUT2D eigenvalue weighted by Crippen LogP contribution is -2.14. The highest BCUT2D eigenvalue weighted by molar-refractivity contribution is 6.08. The van der Waals surface area contributed by atoms with E-state index < -0.39 is 5.97 Å². The number of aromatic nitrogens is 2. The van der Waals surface area contributed by atoms with Gasteiger partial charge in [-0.1, -0.05) is 6.07 Å². The van der Waals surface area contributed by atoms with Crippen LogP contribution >= 0.6 is 0 Å². The molecule has 2 heterocycles. The second-order valence-corrected chi connectivity index (χ2v) is 5.06. The molecule has 23 heavy (non-hydrogen) atoms. The Morgan fingerprint density at radius 2 is 2.04 bits per heavy atom. The average Bonchev–Trinajstić information content (AvgIpc) is 2.94. The Morgan fingerprint density at radius 1 is 1.22 bits per heavy atom. The summed E-state index contributed by atoms with van der Waals surface area (Å²) in [6.07, 6.45) is 3.69. The summed E-state index contributed by atoms with van der Waals surface area (Å²) in [5, 5.41) is 2.78. The van der Waals surface area contributed by atoms with Crippen molar-refractivity contribution < 1.29 is 14.3 Å². The number of hydrogen-bond acceptors (Lipinski definition) is 4. The predicted octanol–water partition coefficient (Wildman–Crippen LogP) is 2.68. The number of hydrogen-bond donors (Lipinski definition) is 1. The van der Waals surface area contributed by atoms with Crippen LogP contribution in [0.25, 0.3) is 5.65 Å². The van der Waals surface area contributed by atoms with Crippen molar-refractivity contribution in [3.05, 3.63) is 65.6 Å². The molecule has 3 aromatic rings. The number of methoxy groups -OCH3 is 1. The van der Waals surface area contributed by atoms with Crippen molar-refractivity contribution in [1.82, 2.24) is 9.38 Å². The van der Waals surface area contributed by atoms with Crippen LogP contribution in [0.1, 0.15) is 26.4 Å². The maximum Gasteiger partial charge on any atom is 0.337 e. The van der Waals surface area contributed by atoms with Gasteiger partial charge < -0.3 is 14.5 Å². The molecule has 0 spiro atoms. The highest BCUT2D eigenvalue weighted by Crippen LogP contribution is 2.16. The van der Waals surface area contributed by atoms with Crippen molar-refractivity contribution in [2.75, 3.05) is 12.4 Å². The first-order valence-corrected chi connectivity index (χ1v) is 7.02. The van der Waals surface area contributed by atoms with Gasteiger partial charge in [0.2, 0.25) is 0 Å². The van der Waals surface area contributed by atoms with Crippen molar-refractivity contribution in [2.45, 2.75) is 6.92 Å². The number of imidazole rings is 1. The maximum atomic E-state index is 12.5. The Morgan fingerprint density at radius 3 is 2.83 bits per heavy atom. The SMILES string of the molecule is COC(=O)c1cccc(NC(=O)c2cccn3cc(C)nc23)c1. The van der Waals surface area contributed by atoms with E-state index in [1.54, 1.807) is 40.8 Å². The smallest absolute Gasteiger partial charge is 0.337 e. The molecule has 6 heteroatoms. The number of carbonyl (C=O) groups is 2. The first kappa shape index (κ1) is 14.8. The fourth-order valence-electron chi connectivity index (χ4n) is 2.35. The number of pyridine rings is 1. The van der Waals surface area contributed by atoms with Crippen molar-refractivity contribution in [1.29, 1.82) is 0 Å². The maximum absolute atomic E-state index is 12.5. The van der Waals surface area contributed by atoms with Gasteiger partial charge >= 0.3 is 5.97 Å². The summed E-state index contributed by atoms with van der Waals surface area (Å²) in [5.41, 5.74) is 2.77. The van der Waals surface area contributed by atoms with Gasteiger partial charge in [0.05, 0.1) is 23.9 Å². The van der Waals surface area contributed by atoms with E-state index in [2.05, 4.69) is 15.0 Å². The van der Waals surface area contributed by atoms with Crippen LogP contribution in [-0.4, -0.2) is 28.4 Å². The Balaban J connectivity index is 1.90. The number of aryl methyl sites for hydroxylation is 1. The van der Waals surface area contributed by atoms with Gasteiger partial charge in [-0.3, -0.25) is 4.79 Å². The molecule has 6 nitrogen and oxygen atoms in total. The third kappa shape index (κ3) is 2.91. The molecule has 1 N–H and O–H groups in total. The van der Waals surface area contributed by atoms with E-state index in [1.165, 1.54) is 7.11 Å². The quantitative estimate of drug-likeness (QED) is 0.755. The van der Waals surface area contributed by atoms with Crippen molar-refractivity contribution in [2.24, 2.45) is 0 Å². The largest absolute Gasteiger partial charge is 0.465 e. The van der Waals surface area contributed by atoms with Crippen LogP contribution in [0.4, 0.5) is 5.69 Å². The zero-order chi connectivity index (χ0) is 16.4. The van der Waals surface area contributed by atoms with Gasteiger partial charge in [0, 0.05) is 18.1 Å². The minimum atomic E-state index is -0.452. The van der Waals surface area contributed by atoms with Gasteiger partial charge in [-0.05, 0) is 37.3 Å². The molecule has 0 fully saturated rings. The Bertz CT molecular complexity index is 899. The summed E-state index contributed by atoms with van der Waals surface area (Å²) in [4.78, 5) is 28.4. The number of benzene rings is 1. The lowest BCUT2D eigenvalue weighted by molar-refractivity contribution is 0.0600. The van der Waals surface area contributed by atoms with E-state index in [4.69, 9.17) is 0 Å². The molecule has 3 rings (SSSR count). The minimum absolute atomic E-state index is 0.289. The minimum Gasteiger partial charge on any atom is -0.465 e. The van der Waals surface area contributed by atoms with Crippen molar-refractivity contribution in [3.8, 4) is 0 Å². The zero-order valence-electron chi connectivity index (χ0n) is 12.7. The molecule has 0 aliphatic rings. The van der Waals surface area contributed by atoms with Crippen LogP contribution in [0.2, 0.25) is 0 Å². The van der Waals surface area contributed by atoms with Gasteiger partial charge in [0.1, 0.15) is 5.65 Å². The Kier molecular flexibility index (Phi) is 3.80. The van der Waals surface area contributed by atoms with Gasteiger partial charge in [0.25, 0.3) is 5.91 Å². The summed E-state index contributed by atoms with van der Waals surface area (Å²) < 4.78 is 6.48. The number of rotatable bonds is 3. The third-order valence-corrected chi connectivity index (χ3v) is 3.39. The van der Waals surface area contributed by atoms with E-state index >= 15 is 0 Å². The number of nitrogens with one attached hydrogen (secondary N) is 1. The molecule has 0 radical (unpaired) electrons. The fourth-order valence-corrected chi connectivity index (χ4v) is 2.35. The normalized spacial score (nSPS) is 10.5. The number of fused-ring (bicyclic) bond motifs is 1. The van der Waals surface area contributed by atoms with E-state index in [0.29, 0.717) is 22.5 Å². The monoisotopic (exact) mass is 309 g/mol. The molecule has 0 unspecified atom stereocenters. The van der Waals surface area contributed by atoms with Crippen LogP contribution in [0.15, 0.2) is 48.8 Å². The van der Waals surface area contributed by atoms with E-state index in [0.717, 1.165) is 5.69 Å². The first-order valence-electron chi connectivity index (χ1n) is 7.02. The number of amides is 1. The fraction of sp³-hybridized carbons (Fsp3) is 0.118. The van der Waals surface area contributed by atoms with Crippen LogP contribution < -0.4 is 5.32 Å². The lowest BCUT2D eigenvalue weighted by Gasteiger charge is -2.07. The van der Waals surface area contributed by atoms with Gasteiger partial charge in [-0.25, -0.2) is 9.78 Å². The summed E-state index contributed by atoms with van der Waals surface area (Å²) in [7, 11) is 1.31. The molecular formula is C17H15N3O3. The Labute approximate surface area is 132 Å². The number of nitrogens with zero attached hydrogens (tertiary/aromatic N) is 2. The van der Waals surface area contributed by atoms with Crippen molar-refractivity contribution >= 4 is 23.2 Å². The van der Waals surface area contributed by atoms with Gasteiger partial charge in [-0.15, -0.1) is 0 Å². The van der Waals surface area contributed by atoms with Crippen LogP contribution in [0.5, 0.6) is 0 Å². The molecule has 2 aromatic heterocycles. The van der Waals surface area contributed by atoms with E-state index in [9.17, 15) is 9.59 Å². The number of carbonyl (C=O) groups excluding carboxylic acids is 2. The lowest BCUT2D eigenvalue weighted by atomic mass is 10.2. The second kappa shape index (κ2) is 5.92. The van der Waals surface area contributed by atoms with Crippen LogP contribution in [0, 0.1) is 6.92 Å². The molecule has 0 atom stereocenters. The molecular weight excluding hydrogens is 294 g/mol. The number of ether oxygens (including phenoxy) is 1. The highest BCUT2D eigenvalue weighted by atomic mass is 16.5. The van der Waals surface area contributed by atoms with Gasteiger partial charge in [0.15, 0.2) is 0 Å². The van der Waals surface area contributed by atoms with Crippen LogP contribution in [-0.2, 0) is 4.74 Å². The highest BCUT2D eigenvalue weighted by Gasteiger charge is 2.13. The third-order valence-electron chi connectivity index (χ3n) is 3.39. The summed E-state index contributed by atoms with van der Waals surface area (Å²) >= 11 is 0. The molecule has 0 aliphatic heterocycles. The molecule has 0 saturated carbocycles. The predicted molar refractivity (Wildman–Crippen MR) is 85.7 cm³/mol. The van der Waals surface area contributed by atoms with Gasteiger partial charge in [-0.2, -0.15) is 0 Å². The first-order chi connectivity index (χ1) is 11.1. The molecule has 0 bridgehead atoms. The summed E-state index contributed by atoms with van der Waals surface area (Å²) in [6.45, 7) is 1.87. The molecule has 1 aromatic carbocycles.